The lowest BCUT2D eigenvalue weighted by atomic mass is 10.2. The Balaban J connectivity index is 1.49. The Bertz CT molecular complexity index is 1150. The van der Waals surface area contributed by atoms with Gasteiger partial charge in [-0.2, -0.15) is 9.40 Å². The fraction of sp³-hybridized carbons (Fsp3) is 0.273. The highest BCUT2D eigenvalue weighted by Crippen LogP contribution is 2.30. The van der Waals surface area contributed by atoms with Gasteiger partial charge in [-0.3, -0.25) is 4.79 Å². The molecule has 30 heavy (non-hydrogen) atoms. The van der Waals surface area contributed by atoms with E-state index in [1.807, 2.05) is 43.3 Å². The van der Waals surface area contributed by atoms with Crippen LogP contribution in [0, 0.1) is 6.92 Å². The second kappa shape index (κ2) is 8.04. The van der Waals surface area contributed by atoms with Gasteiger partial charge in [-0.1, -0.05) is 30.3 Å². The molecule has 0 atom stereocenters. The second-order valence-electron chi connectivity index (χ2n) is 7.55. The smallest absolute Gasteiger partial charge is 0.256 e. The molecule has 0 unspecified atom stereocenters. The number of aromatic nitrogens is 2. The largest absolute Gasteiger partial charge is 0.307 e. The topological polar surface area (TPSA) is 84.3 Å². The molecule has 0 bridgehead atoms. The van der Waals surface area contributed by atoms with Gasteiger partial charge in [-0.15, -0.1) is 0 Å². The van der Waals surface area contributed by atoms with Gasteiger partial charge < -0.3 is 5.32 Å². The molecule has 0 radical (unpaired) electrons. The molecule has 1 heterocycles. The van der Waals surface area contributed by atoms with Crippen molar-refractivity contribution in [3.05, 3.63) is 77.5 Å². The fourth-order valence-corrected chi connectivity index (χ4v) is 4.71. The van der Waals surface area contributed by atoms with E-state index in [4.69, 9.17) is 0 Å². The van der Waals surface area contributed by atoms with Crippen LogP contribution >= 0.6 is 0 Å². The first-order valence-corrected chi connectivity index (χ1v) is 11.3. The second-order valence-corrected chi connectivity index (χ2v) is 9.54. The quantitative estimate of drug-likeness (QED) is 0.631. The normalized spacial score (nSPS) is 14.1. The molecular weight excluding hydrogens is 400 g/mol. The number of anilines is 1. The van der Waals surface area contributed by atoms with Crippen LogP contribution in [-0.2, 0) is 16.6 Å². The van der Waals surface area contributed by atoms with E-state index < -0.39 is 10.0 Å². The molecule has 2 aromatic carbocycles. The molecule has 156 valence electrons. The molecule has 0 aliphatic heterocycles. The number of carbonyl (C=O) groups excluding carboxylic acids is 1. The average Bonchev–Trinajstić information content (AvgIpc) is 3.53. The minimum absolute atomic E-state index is 0.0890. The number of carbonyl (C=O) groups is 1. The van der Waals surface area contributed by atoms with E-state index in [0.717, 1.165) is 24.1 Å². The Morgan fingerprint density at radius 2 is 1.80 bits per heavy atom. The van der Waals surface area contributed by atoms with Crippen molar-refractivity contribution in [3.63, 3.8) is 0 Å². The van der Waals surface area contributed by atoms with Gasteiger partial charge in [-0.05, 0) is 49.6 Å². The molecule has 1 amide bonds. The molecule has 7 nitrogen and oxygen atoms in total. The number of benzene rings is 2. The molecular formula is C22H24N4O3S. The van der Waals surface area contributed by atoms with Gasteiger partial charge in [0, 0.05) is 24.7 Å². The molecule has 0 saturated heterocycles. The monoisotopic (exact) mass is 424 g/mol. The van der Waals surface area contributed by atoms with Gasteiger partial charge >= 0.3 is 0 Å². The molecule has 8 heteroatoms. The molecule has 1 aliphatic rings. The number of nitrogens with one attached hydrogen (secondary N) is 1. The number of hydrogen-bond acceptors (Lipinski definition) is 4. The third-order valence-electron chi connectivity index (χ3n) is 5.17. The third kappa shape index (κ3) is 4.29. The molecule has 1 aromatic heterocycles. The van der Waals surface area contributed by atoms with E-state index in [2.05, 4.69) is 10.4 Å². The number of rotatable bonds is 7. The maximum absolute atomic E-state index is 12.7. The van der Waals surface area contributed by atoms with Crippen LogP contribution in [0.1, 0.15) is 34.5 Å². The highest BCUT2D eigenvalue weighted by atomic mass is 32.2. The Morgan fingerprint density at radius 3 is 2.43 bits per heavy atom. The first-order valence-electron chi connectivity index (χ1n) is 9.82. The molecule has 3 aromatic rings. The lowest BCUT2D eigenvalue weighted by Gasteiger charge is -2.16. The van der Waals surface area contributed by atoms with Gasteiger partial charge in [0.2, 0.25) is 10.0 Å². The van der Waals surface area contributed by atoms with Crippen LogP contribution in [-0.4, -0.2) is 41.5 Å². The Hall–Kier alpha value is -2.97. The van der Waals surface area contributed by atoms with Crippen LogP contribution < -0.4 is 5.32 Å². The van der Waals surface area contributed by atoms with Crippen molar-refractivity contribution >= 4 is 21.7 Å². The van der Waals surface area contributed by atoms with Gasteiger partial charge in [-0.25, -0.2) is 13.1 Å². The maximum atomic E-state index is 12.7. The SMILES string of the molecule is Cc1cc(NC(=O)c2ccc(S(=O)(=O)N(C)C3CC3)cc2)n(Cc2ccccc2)n1. The summed E-state index contributed by atoms with van der Waals surface area (Å²) in [5.74, 6) is 0.273. The van der Waals surface area contributed by atoms with Crippen molar-refractivity contribution in [2.45, 2.75) is 37.2 Å². The van der Waals surface area contributed by atoms with E-state index >= 15 is 0 Å². The van der Waals surface area contributed by atoms with Crippen LogP contribution in [0.4, 0.5) is 5.82 Å². The summed E-state index contributed by atoms with van der Waals surface area (Å²) in [5.41, 5.74) is 2.25. The van der Waals surface area contributed by atoms with Gasteiger partial charge in [0.15, 0.2) is 0 Å². The van der Waals surface area contributed by atoms with E-state index in [9.17, 15) is 13.2 Å². The van der Waals surface area contributed by atoms with Crippen LogP contribution in [0.2, 0.25) is 0 Å². The predicted molar refractivity (Wildman–Crippen MR) is 115 cm³/mol. The number of hydrogen-bond donors (Lipinski definition) is 1. The molecule has 0 spiro atoms. The Morgan fingerprint density at radius 1 is 1.13 bits per heavy atom. The van der Waals surface area contributed by atoms with Gasteiger partial charge in [0.1, 0.15) is 5.82 Å². The summed E-state index contributed by atoms with van der Waals surface area (Å²) in [5, 5.41) is 7.34. The molecule has 4 rings (SSSR count). The Kier molecular flexibility index (Phi) is 5.44. The minimum atomic E-state index is -3.53. The first kappa shape index (κ1) is 20.3. The Labute approximate surface area is 176 Å². The number of nitrogens with zero attached hydrogens (tertiary/aromatic N) is 3. The standard InChI is InChI=1S/C22H24N4O3S/c1-16-14-21(26(24-16)15-17-6-4-3-5-7-17)23-22(27)18-8-12-20(13-9-18)30(28,29)25(2)19-10-11-19/h3-9,12-14,19H,10-11,15H2,1-2H3,(H,23,27). The van der Waals surface area contributed by atoms with Crippen LogP contribution in [0.5, 0.6) is 0 Å². The van der Waals surface area contributed by atoms with Crippen LogP contribution in [0.3, 0.4) is 0 Å². The number of sulfonamides is 1. The highest BCUT2D eigenvalue weighted by Gasteiger charge is 2.35. The van der Waals surface area contributed by atoms with Crippen molar-refractivity contribution in [3.8, 4) is 0 Å². The molecule has 1 N–H and O–H groups in total. The minimum Gasteiger partial charge on any atom is -0.307 e. The zero-order chi connectivity index (χ0) is 21.3. The van der Waals surface area contributed by atoms with E-state index in [1.165, 1.54) is 28.6 Å². The molecule has 1 fully saturated rings. The first-order chi connectivity index (χ1) is 14.3. The highest BCUT2D eigenvalue weighted by molar-refractivity contribution is 7.89. The third-order valence-corrected chi connectivity index (χ3v) is 7.10. The number of amides is 1. The van der Waals surface area contributed by atoms with Crippen molar-refractivity contribution in [2.24, 2.45) is 0 Å². The van der Waals surface area contributed by atoms with Crippen molar-refractivity contribution in [1.82, 2.24) is 14.1 Å². The summed E-state index contributed by atoms with van der Waals surface area (Å²) < 4.78 is 28.4. The zero-order valence-electron chi connectivity index (χ0n) is 16.9. The lowest BCUT2D eigenvalue weighted by Crippen LogP contribution is -2.29. The van der Waals surface area contributed by atoms with Gasteiger partial charge in [0.25, 0.3) is 5.91 Å². The summed E-state index contributed by atoms with van der Waals surface area (Å²) in [6.45, 7) is 2.40. The van der Waals surface area contributed by atoms with Crippen molar-refractivity contribution in [1.29, 1.82) is 0 Å². The van der Waals surface area contributed by atoms with Crippen LogP contribution in [0.15, 0.2) is 65.6 Å². The van der Waals surface area contributed by atoms with E-state index in [0.29, 0.717) is 17.9 Å². The summed E-state index contributed by atoms with van der Waals surface area (Å²) in [6, 6.07) is 17.8. The fourth-order valence-electron chi connectivity index (χ4n) is 3.29. The van der Waals surface area contributed by atoms with Crippen LogP contribution in [0.25, 0.3) is 0 Å². The summed E-state index contributed by atoms with van der Waals surface area (Å²) >= 11 is 0. The molecule has 1 saturated carbocycles. The van der Waals surface area contributed by atoms with Gasteiger partial charge in [0.05, 0.1) is 17.1 Å². The maximum Gasteiger partial charge on any atom is 0.256 e. The predicted octanol–water partition coefficient (Wildman–Crippen LogP) is 3.28. The summed E-state index contributed by atoms with van der Waals surface area (Å²) in [4.78, 5) is 12.9. The lowest BCUT2D eigenvalue weighted by molar-refractivity contribution is 0.102. The van der Waals surface area contributed by atoms with Crippen molar-refractivity contribution in [2.75, 3.05) is 12.4 Å². The van der Waals surface area contributed by atoms with E-state index in [1.54, 1.807) is 11.7 Å². The van der Waals surface area contributed by atoms with E-state index in [-0.39, 0.29) is 16.8 Å². The summed E-state index contributed by atoms with van der Waals surface area (Å²) in [6.07, 6.45) is 1.79. The zero-order valence-corrected chi connectivity index (χ0v) is 17.8. The molecule has 1 aliphatic carbocycles. The summed E-state index contributed by atoms with van der Waals surface area (Å²) in [7, 11) is -1.93. The number of aryl methyl sites for hydroxylation is 1. The average molecular weight is 425 g/mol. The van der Waals surface area contributed by atoms with Crippen molar-refractivity contribution < 1.29 is 13.2 Å².